The molecule has 1 aromatic rings. The third-order valence-electron chi connectivity index (χ3n) is 5.70. The molecule has 1 aromatic carbocycles. The third-order valence-corrected chi connectivity index (χ3v) is 5.70. The Hall–Kier alpha value is -1.05. The van der Waals surface area contributed by atoms with Crippen LogP contribution in [0, 0.1) is 11.7 Å². The van der Waals surface area contributed by atoms with Crippen LogP contribution < -0.4 is 4.74 Å². The lowest BCUT2D eigenvalue weighted by atomic mass is 9.79. The van der Waals surface area contributed by atoms with E-state index in [1.54, 1.807) is 6.07 Å². The van der Waals surface area contributed by atoms with Crippen molar-refractivity contribution in [2.75, 3.05) is 6.61 Å². The van der Waals surface area contributed by atoms with Crippen molar-refractivity contribution < 1.29 is 9.13 Å². The molecule has 2 rings (SSSR count). The first-order valence-electron chi connectivity index (χ1n) is 10.6. The van der Waals surface area contributed by atoms with E-state index in [-0.39, 0.29) is 5.82 Å². The summed E-state index contributed by atoms with van der Waals surface area (Å²) in [4.78, 5) is 0. The van der Waals surface area contributed by atoms with Crippen LogP contribution in [0.2, 0.25) is 0 Å². The lowest BCUT2D eigenvalue weighted by Gasteiger charge is -2.26. The van der Waals surface area contributed by atoms with Crippen molar-refractivity contribution in [2.45, 2.75) is 96.8 Å². The van der Waals surface area contributed by atoms with Crippen LogP contribution in [0.15, 0.2) is 18.2 Å². The minimum atomic E-state index is -0.185. The Kier molecular flexibility index (Phi) is 9.36. The van der Waals surface area contributed by atoms with Gasteiger partial charge in [-0.05, 0) is 48.8 Å². The largest absolute Gasteiger partial charge is 0.491 e. The maximum atomic E-state index is 14.3. The van der Waals surface area contributed by atoms with Gasteiger partial charge in [-0.3, -0.25) is 0 Å². The van der Waals surface area contributed by atoms with Gasteiger partial charge in [-0.15, -0.1) is 0 Å². The van der Waals surface area contributed by atoms with Crippen LogP contribution in [-0.2, 0) is 0 Å². The van der Waals surface area contributed by atoms with Gasteiger partial charge in [0.15, 0.2) is 11.6 Å². The molecule has 1 fully saturated rings. The summed E-state index contributed by atoms with van der Waals surface area (Å²) in [7, 11) is 0. The van der Waals surface area contributed by atoms with Gasteiger partial charge in [0.1, 0.15) is 0 Å². The smallest absolute Gasteiger partial charge is 0.165 e. The second-order valence-corrected chi connectivity index (χ2v) is 7.97. The maximum Gasteiger partial charge on any atom is 0.165 e. The zero-order valence-corrected chi connectivity index (χ0v) is 16.4. The van der Waals surface area contributed by atoms with E-state index in [1.807, 2.05) is 6.07 Å². The van der Waals surface area contributed by atoms with Gasteiger partial charge in [-0.25, -0.2) is 4.39 Å². The first-order valence-corrected chi connectivity index (χ1v) is 10.6. The minimum absolute atomic E-state index is 0.185. The van der Waals surface area contributed by atoms with Gasteiger partial charge in [0.2, 0.25) is 0 Å². The van der Waals surface area contributed by atoms with E-state index in [2.05, 4.69) is 19.9 Å². The van der Waals surface area contributed by atoms with Crippen molar-refractivity contribution in [1.82, 2.24) is 0 Å². The van der Waals surface area contributed by atoms with Crippen LogP contribution >= 0.6 is 0 Å². The Morgan fingerprint density at radius 2 is 1.56 bits per heavy atom. The van der Waals surface area contributed by atoms with Crippen molar-refractivity contribution in [3.63, 3.8) is 0 Å². The Morgan fingerprint density at radius 3 is 2.20 bits per heavy atom. The molecule has 0 spiro atoms. The first-order chi connectivity index (χ1) is 12.2. The topological polar surface area (TPSA) is 9.23 Å². The third kappa shape index (κ3) is 7.38. The standard InChI is InChI=1S/C23H37FO/c1-3-4-5-6-7-8-9-10-17-25-23-16-15-21(18-22(23)24)20-13-11-19(2)12-14-20/h15-16,18-20H,3-14,17H2,1-2H3/t19-,20-. The molecule has 0 atom stereocenters. The molecule has 142 valence electrons. The summed E-state index contributed by atoms with van der Waals surface area (Å²) in [6, 6.07) is 5.63. The maximum absolute atomic E-state index is 14.3. The highest BCUT2D eigenvalue weighted by Crippen LogP contribution is 2.36. The van der Waals surface area contributed by atoms with Gasteiger partial charge < -0.3 is 4.74 Å². The molecular formula is C23H37FO. The van der Waals surface area contributed by atoms with Crippen LogP contribution in [0.5, 0.6) is 5.75 Å². The number of benzene rings is 1. The highest BCUT2D eigenvalue weighted by molar-refractivity contribution is 5.31. The monoisotopic (exact) mass is 348 g/mol. The molecule has 1 aliphatic carbocycles. The van der Waals surface area contributed by atoms with Crippen molar-refractivity contribution in [1.29, 1.82) is 0 Å². The molecule has 2 heteroatoms. The molecule has 1 aliphatic rings. The Bertz CT molecular complexity index is 477. The zero-order chi connectivity index (χ0) is 17.9. The second kappa shape index (κ2) is 11.5. The van der Waals surface area contributed by atoms with Gasteiger partial charge in [0.05, 0.1) is 6.61 Å². The summed E-state index contributed by atoms with van der Waals surface area (Å²) in [5.41, 5.74) is 1.16. The molecule has 0 heterocycles. The number of rotatable bonds is 11. The van der Waals surface area contributed by atoms with E-state index < -0.39 is 0 Å². The van der Waals surface area contributed by atoms with Crippen LogP contribution in [0.3, 0.4) is 0 Å². The fourth-order valence-electron chi connectivity index (χ4n) is 3.90. The molecule has 0 amide bonds. The number of halogens is 1. The molecule has 1 nitrogen and oxygen atoms in total. The molecule has 0 saturated heterocycles. The lowest BCUT2D eigenvalue weighted by Crippen LogP contribution is -2.11. The molecule has 0 aromatic heterocycles. The van der Waals surface area contributed by atoms with E-state index in [1.165, 1.54) is 70.6 Å². The van der Waals surface area contributed by atoms with Crippen LogP contribution in [0.1, 0.15) is 102 Å². The molecular weight excluding hydrogens is 311 g/mol. The van der Waals surface area contributed by atoms with Crippen molar-refractivity contribution in [2.24, 2.45) is 5.92 Å². The summed E-state index contributed by atoms with van der Waals surface area (Å²) in [5, 5.41) is 0. The number of ether oxygens (including phenoxy) is 1. The van der Waals surface area contributed by atoms with E-state index in [0.717, 1.165) is 17.9 Å². The highest BCUT2D eigenvalue weighted by atomic mass is 19.1. The second-order valence-electron chi connectivity index (χ2n) is 7.97. The number of unbranched alkanes of at least 4 members (excludes halogenated alkanes) is 7. The van der Waals surface area contributed by atoms with E-state index in [4.69, 9.17) is 4.74 Å². The highest BCUT2D eigenvalue weighted by Gasteiger charge is 2.20. The van der Waals surface area contributed by atoms with Gasteiger partial charge >= 0.3 is 0 Å². The van der Waals surface area contributed by atoms with Crippen molar-refractivity contribution >= 4 is 0 Å². The summed E-state index contributed by atoms with van der Waals surface area (Å²) in [5.74, 6) is 1.61. The van der Waals surface area contributed by atoms with Gasteiger partial charge in [-0.1, -0.05) is 77.7 Å². The predicted molar refractivity (Wildman–Crippen MR) is 105 cm³/mol. The van der Waals surface area contributed by atoms with E-state index in [9.17, 15) is 4.39 Å². The Labute approximate surface area is 154 Å². The van der Waals surface area contributed by atoms with Gasteiger partial charge in [-0.2, -0.15) is 0 Å². The van der Waals surface area contributed by atoms with Crippen LogP contribution in [0.4, 0.5) is 4.39 Å². The summed E-state index contributed by atoms with van der Waals surface area (Å²) in [6.45, 7) is 5.20. The first kappa shape index (κ1) is 20.3. The number of hydrogen-bond acceptors (Lipinski definition) is 1. The molecule has 0 radical (unpaired) electrons. The molecule has 0 bridgehead atoms. The van der Waals surface area contributed by atoms with E-state index in [0.29, 0.717) is 18.3 Å². The molecule has 0 unspecified atom stereocenters. The fourth-order valence-corrected chi connectivity index (χ4v) is 3.90. The quantitative estimate of drug-likeness (QED) is 0.373. The summed E-state index contributed by atoms with van der Waals surface area (Å²) < 4.78 is 20.0. The van der Waals surface area contributed by atoms with Crippen LogP contribution in [0.25, 0.3) is 0 Å². The Morgan fingerprint density at radius 1 is 0.920 bits per heavy atom. The minimum Gasteiger partial charge on any atom is -0.491 e. The van der Waals surface area contributed by atoms with E-state index >= 15 is 0 Å². The van der Waals surface area contributed by atoms with Crippen molar-refractivity contribution in [3.8, 4) is 5.75 Å². The lowest BCUT2D eigenvalue weighted by molar-refractivity contribution is 0.289. The van der Waals surface area contributed by atoms with Crippen molar-refractivity contribution in [3.05, 3.63) is 29.6 Å². The predicted octanol–water partition coefficient (Wildman–Crippen LogP) is 7.64. The molecule has 0 N–H and O–H groups in total. The number of hydrogen-bond donors (Lipinski definition) is 0. The average molecular weight is 349 g/mol. The van der Waals surface area contributed by atoms with Gasteiger partial charge in [0, 0.05) is 0 Å². The Balaban J connectivity index is 1.64. The van der Waals surface area contributed by atoms with Crippen LogP contribution in [-0.4, -0.2) is 6.61 Å². The summed E-state index contributed by atoms with van der Waals surface area (Å²) >= 11 is 0. The fraction of sp³-hybridized carbons (Fsp3) is 0.739. The van der Waals surface area contributed by atoms with Gasteiger partial charge in [0.25, 0.3) is 0 Å². The summed E-state index contributed by atoms with van der Waals surface area (Å²) in [6.07, 6.45) is 15.1. The zero-order valence-electron chi connectivity index (χ0n) is 16.4. The molecule has 25 heavy (non-hydrogen) atoms. The average Bonchev–Trinajstić information content (AvgIpc) is 2.62. The molecule has 1 saturated carbocycles. The molecule has 0 aliphatic heterocycles. The SMILES string of the molecule is CCCCCCCCCCOc1ccc([C@H]2CC[C@H](C)CC2)cc1F. The normalized spacial score (nSPS) is 20.6.